The number of guanidine groups is 1. The topological polar surface area (TPSA) is 107 Å². The zero-order chi connectivity index (χ0) is 20.6. The predicted molar refractivity (Wildman–Crippen MR) is 130 cm³/mol. The van der Waals surface area contributed by atoms with Gasteiger partial charge in [0.1, 0.15) is 5.82 Å². The van der Waals surface area contributed by atoms with Gasteiger partial charge in [-0.05, 0) is 37.1 Å². The number of aromatic amines is 1. The van der Waals surface area contributed by atoms with Gasteiger partial charge in [-0.15, -0.1) is 24.0 Å². The van der Waals surface area contributed by atoms with Crippen LogP contribution in [0.3, 0.4) is 0 Å². The third kappa shape index (κ3) is 6.76. The van der Waals surface area contributed by atoms with Crippen molar-refractivity contribution in [2.75, 3.05) is 26.7 Å². The number of hydrogen-bond donors (Lipinski definition) is 3. The fourth-order valence-electron chi connectivity index (χ4n) is 3.57. The minimum Gasteiger partial charge on any atom is -0.461 e. The number of nitrogens with one attached hydrogen (secondary N) is 3. The van der Waals surface area contributed by atoms with Gasteiger partial charge in [0.05, 0.1) is 12.0 Å². The van der Waals surface area contributed by atoms with Crippen molar-refractivity contribution in [3.63, 3.8) is 0 Å². The Balaban J connectivity index is 0.00000272. The fourth-order valence-corrected chi connectivity index (χ4v) is 3.57. The third-order valence-electron chi connectivity index (χ3n) is 5.19. The minimum absolute atomic E-state index is 0. The van der Waals surface area contributed by atoms with Crippen LogP contribution in [0.1, 0.15) is 24.4 Å². The monoisotopic (exact) mass is 536 g/mol. The number of rotatable bonds is 7. The molecule has 0 radical (unpaired) electrons. The van der Waals surface area contributed by atoms with E-state index < -0.39 is 0 Å². The van der Waals surface area contributed by atoms with Gasteiger partial charge in [-0.3, -0.25) is 20.0 Å². The Bertz CT molecular complexity index is 920. The molecule has 4 heterocycles. The number of aliphatic imine (C=N–C) groups is 1. The first kappa shape index (κ1) is 23.2. The number of pyridine rings is 1. The van der Waals surface area contributed by atoms with E-state index in [0.717, 1.165) is 56.4 Å². The highest BCUT2D eigenvalue weighted by atomic mass is 127. The first-order chi connectivity index (χ1) is 14.8. The number of halogens is 1. The molecule has 166 valence electrons. The number of furan rings is 1. The molecule has 0 spiro atoms. The van der Waals surface area contributed by atoms with Crippen molar-refractivity contribution < 1.29 is 4.42 Å². The lowest BCUT2D eigenvalue weighted by Gasteiger charge is -2.32. The van der Waals surface area contributed by atoms with Crippen LogP contribution in [0.2, 0.25) is 0 Å². The molecule has 0 aromatic carbocycles. The van der Waals surface area contributed by atoms with E-state index in [1.165, 1.54) is 0 Å². The highest BCUT2D eigenvalue weighted by Gasteiger charge is 2.20. The molecule has 3 aromatic heterocycles. The van der Waals surface area contributed by atoms with E-state index in [0.29, 0.717) is 24.2 Å². The molecule has 9 nitrogen and oxygen atoms in total. The average molecular weight is 536 g/mol. The van der Waals surface area contributed by atoms with Gasteiger partial charge >= 0.3 is 0 Å². The summed E-state index contributed by atoms with van der Waals surface area (Å²) in [6.07, 6.45) is 6.36. The number of piperidine rings is 1. The van der Waals surface area contributed by atoms with Crippen molar-refractivity contribution in [1.29, 1.82) is 0 Å². The van der Waals surface area contributed by atoms with E-state index in [1.807, 2.05) is 30.5 Å². The van der Waals surface area contributed by atoms with Gasteiger partial charge in [-0.25, -0.2) is 4.98 Å². The van der Waals surface area contributed by atoms with Crippen LogP contribution in [-0.2, 0) is 13.0 Å². The second-order valence-corrected chi connectivity index (χ2v) is 7.35. The van der Waals surface area contributed by atoms with Gasteiger partial charge in [0.25, 0.3) is 0 Å². The fraction of sp³-hybridized carbons (Fsp3) is 0.429. The van der Waals surface area contributed by atoms with E-state index in [4.69, 9.17) is 4.42 Å². The van der Waals surface area contributed by atoms with E-state index in [1.54, 1.807) is 13.3 Å². The normalized spacial score (nSPS) is 15.5. The molecule has 0 unspecified atom stereocenters. The van der Waals surface area contributed by atoms with Crippen LogP contribution in [-0.4, -0.2) is 63.7 Å². The summed E-state index contributed by atoms with van der Waals surface area (Å²) < 4.78 is 5.32. The minimum atomic E-state index is 0. The standard InChI is InChI=1S/C21H28N8O.HI/c1-22-21(24-11-7-19-26-20(28-27-19)18-6-4-14-30-18)25-16-8-12-29(13-9-16)15-17-5-2-3-10-23-17;/h2-6,10,14,16H,7-9,11-13,15H2,1H3,(H2,22,24,25)(H,26,27,28);1H. The summed E-state index contributed by atoms with van der Waals surface area (Å²) in [6, 6.07) is 10.2. The Morgan fingerprint density at radius 3 is 2.84 bits per heavy atom. The van der Waals surface area contributed by atoms with Crippen molar-refractivity contribution in [2.45, 2.75) is 31.8 Å². The maximum absolute atomic E-state index is 5.32. The molecular weight excluding hydrogens is 507 g/mol. The maximum atomic E-state index is 5.32. The van der Waals surface area contributed by atoms with Crippen LogP contribution in [0, 0.1) is 0 Å². The van der Waals surface area contributed by atoms with E-state index in [-0.39, 0.29) is 24.0 Å². The predicted octanol–water partition coefficient (Wildman–Crippen LogP) is 2.45. The quantitative estimate of drug-likeness (QED) is 0.242. The molecule has 1 aliphatic heterocycles. The smallest absolute Gasteiger partial charge is 0.216 e. The molecule has 3 N–H and O–H groups in total. The highest BCUT2D eigenvalue weighted by molar-refractivity contribution is 14.0. The van der Waals surface area contributed by atoms with Crippen LogP contribution in [0.4, 0.5) is 0 Å². The molecule has 10 heteroatoms. The first-order valence-corrected chi connectivity index (χ1v) is 10.3. The molecule has 0 amide bonds. The summed E-state index contributed by atoms with van der Waals surface area (Å²) in [7, 11) is 1.80. The Morgan fingerprint density at radius 2 is 2.13 bits per heavy atom. The summed E-state index contributed by atoms with van der Waals surface area (Å²) in [5.41, 5.74) is 1.13. The Kier molecular flexibility index (Phi) is 8.83. The first-order valence-electron chi connectivity index (χ1n) is 10.3. The number of nitrogens with zero attached hydrogens (tertiary/aromatic N) is 5. The van der Waals surface area contributed by atoms with Gasteiger partial charge in [0.15, 0.2) is 11.7 Å². The lowest BCUT2D eigenvalue weighted by molar-refractivity contribution is 0.196. The largest absolute Gasteiger partial charge is 0.461 e. The summed E-state index contributed by atoms with van der Waals surface area (Å²) in [5, 5.41) is 14.1. The van der Waals surface area contributed by atoms with E-state index >= 15 is 0 Å². The lowest BCUT2D eigenvalue weighted by Crippen LogP contribution is -2.48. The maximum Gasteiger partial charge on any atom is 0.216 e. The van der Waals surface area contributed by atoms with Gasteiger partial charge in [-0.2, -0.15) is 5.10 Å². The van der Waals surface area contributed by atoms with Crippen molar-refractivity contribution in [3.8, 4) is 11.6 Å². The molecule has 1 aliphatic rings. The van der Waals surface area contributed by atoms with Gasteiger partial charge < -0.3 is 15.1 Å². The van der Waals surface area contributed by atoms with Crippen LogP contribution >= 0.6 is 24.0 Å². The SMILES string of the molecule is CN=C(NCCc1nc(-c2ccco2)n[nH]1)NC1CCN(Cc2ccccn2)CC1.I. The van der Waals surface area contributed by atoms with Crippen molar-refractivity contribution in [1.82, 2.24) is 35.7 Å². The molecule has 0 bridgehead atoms. The summed E-state index contributed by atoms with van der Waals surface area (Å²) >= 11 is 0. The van der Waals surface area contributed by atoms with Crippen LogP contribution in [0.5, 0.6) is 0 Å². The zero-order valence-corrected chi connectivity index (χ0v) is 20.0. The molecule has 0 saturated carbocycles. The molecule has 4 rings (SSSR count). The van der Waals surface area contributed by atoms with Crippen LogP contribution < -0.4 is 10.6 Å². The summed E-state index contributed by atoms with van der Waals surface area (Å²) in [4.78, 5) is 15.7. The van der Waals surface area contributed by atoms with Gasteiger partial charge in [0, 0.05) is 51.9 Å². The second-order valence-electron chi connectivity index (χ2n) is 7.35. The van der Waals surface area contributed by atoms with Crippen molar-refractivity contribution in [3.05, 3.63) is 54.3 Å². The molecule has 1 saturated heterocycles. The van der Waals surface area contributed by atoms with Gasteiger partial charge in [-0.1, -0.05) is 6.07 Å². The van der Waals surface area contributed by atoms with Crippen molar-refractivity contribution >= 4 is 29.9 Å². The number of likely N-dealkylation sites (tertiary alicyclic amines) is 1. The number of H-pyrrole nitrogens is 1. The van der Waals surface area contributed by atoms with E-state index in [2.05, 4.69) is 46.8 Å². The zero-order valence-electron chi connectivity index (χ0n) is 17.6. The summed E-state index contributed by atoms with van der Waals surface area (Å²) in [6.45, 7) is 3.74. The third-order valence-corrected chi connectivity index (χ3v) is 5.19. The number of aromatic nitrogens is 4. The molecule has 1 fully saturated rings. The number of hydrogen-bond acceptors (Lipinski definition) is 6. The average Bonchev–Trinajstić information content (AvgIpc) is 3.47. The molecule has 0 atom stereocenters. The lowest BCUT2D eigenvalue weighted by atomic mass is 10.0. The Labute approximate surface area is 199 Å². The van der Waals surface area contributed by atoms with E-state index in [9.17, 15) is 0 Å². The summed E-state index contributed by atoms with van der Waals surface area (Å²) in [5.74, 6) is 2.88. The molecular formula is C21H29IN8O. The highest BCUT2D eigenvalue weighted by Crippen LogP contribution is 2.14. The molecule has 31 heavy (non-hydrogen) atoms. The Morgan fingerprint density at radius 1 is 1.26 bits per heavy atom. The second kappa shape index (κ2) is 11.8. The molecule has 0 aliphatic carbocycles. The van der Waals surface area contributed by atoms with Crippen molar-refractivity contribution in [2.24, 2.45) is 4.99 Å². The Hall–Kier alpha value is -2.47. The van der Waals surface area contributed by atoms with Crippen LogP contribution in [0.15, 0.2) is 52.2 Å². The molecule has 3 aromatic rings. The van der Waals surface area contributed by atoms with Crippen LogP contribution in [0.25, 0.3) is 11.6 Å². The van der Waals surface area contributed by atoms with Gasteiger partial charge in [0.2, 0.25) is 5.82 Å².